The standard InChI is InChI=1S/C17H22N4O3/c1-2-23-13-17(22)21-10-14(9-20-7-6-19-16(20)11-21)12-24-15-4-3-5-18-8-15/h3-8,14H,2,9-13H2,1H3/t14-/m1/s1. The van der Waals surface area contributed by atoms with E-state index in [9.17, 15) is 4.79 Å². The van der Waals surface area contributed by atoms with Gasteiger partial charge in [0.25, 0.3) is 0 Å². The summed E-state index contributed by atoms with van der Waals surface area (Å²) in [6, 6.07) is 3.72. The van der Waals surface area contributed by atoms with E-state index in [0.29, 0.717) is 26.3 Å². The fourth-order valence-corrected chi connectivity index (χ4v) is 2.76. The zero-order chi connectivity index (χ0) is 16.8. The van der Waals surface area contributed by atoms with E-state index in [1.54, 1.807) is 23.5 Å². The Morgan fingerprint density at radius 3 is 3.08 bits per heavy atom. The van der Waals surface area contributed by atoms with E-state index in [-0.39, 0.29) is 18.4 Å². The van der Waals surface area contributed by atoms with Crippen LogP contribution in [0, 0.1) is 5.92 Å². The quantitative estimate of drug-likeness (QED) is 0.800. The molecule has 0 fully saturated rings. The van der Waals surface area contributed by atoms with Crippen molar-refractivity contribution in [2.75, 3.05) is 26.4 Å². The van der Waals surface area contributed by atoms with Gasteiger partial charge in [0.05, 0.1) is 19.3 Å². The number of amides is 1. The number of pyridine rings is 1. The van der Waals surface area contributed by atoms with Gasteiger partial charge in [-0.1, -0.05) is 0 Å². The second-order valence-electron chi connectivity index (χ2n) is 5.77. The number of hydrogen-bond donors (Lipinski definition) is 0. The molecule has 2 aromatic heterocycles. The molecule has 1 atom stereocenters. The Morgan fingerprint density at radius 1 is 1.38 bits per heavy atom. The molecular formula is C17H22N4O3. The second-order valence-corrected chi connectivity index (χ2v) is 5.77. The first kappa shape index (κ1) is 16.4. The number of carbonyl (C=O) groups excluding carboxylic acids is 1. The van der Waals surface area contributed by atoms with E-state index in [1.165, 1.54) is 0 Å². The molecule has 7 heteroatoms. The van der Waals surface area contributed by atoms with Gasteiger partial charge in [0.15, 0.2) is 0 Å². The van der Waals surface area contributed by atoms with Crippen molar-refractivity contribution in [2.24, 2.45) is 5.92 Å². The Labute approximate surface area is 141 Å². The Kier molecular flexibility index (Phi) is 5.43. The number of ether oxygens (including phenoxy) is 2. The predicted octanol–water partition coefficient (Wildman–Crippen LogP) is 1.35. The van der Waals surface area contributed by atoms with E-state index in [2.05, 4.69) is 14.5 Å². The number of hydrogen-bond acceptors (Lipinski definition) is 5. The molecule has 0 spiro atoms. The van der Waals surface area contributed by atoms with Crippen molar-refractivity contribution in [3.05, 3.63) is 42.7 Å². The topological polar surface area (TPSA) is 69.5 Å². The molecule has 1 aliphatic heterocycles. The molecule has 128 valence electrons. The van der Waals surface area contributed by atoms with E-state index in [1.807, 2.05) is 25.3 Å². The van der Waals surface area contributed by atoms with Crippen LogP contribution in [0.3, 0.4) is 0 Å². The van der Waals surface area contributed by atoms with Gasteiger partial charge in [-0.25, -0.2) is 4.98 Å². The molecule has 2 aromatic rings. The van der Waals surface area contributed by atoms with Crippen molar-refractivity contribution < 1.29 is 14.3 Å². The van der Waals surface area contributed by atoms with Crippen molar-refractivity contribution in [2.45, 2.75) is 20.0 Å². The summed E-state index contributed by atoms with van der Waals surface area (Å²) in [5, 5.41) is 0. The Hall–Kier alpha value is -2.41. The van der Waals surface area contributed by atoms with E-state index < -0.39 is 0 Å². The zero-order valence-corrected chi connectivity index (χ0v) is 13.8. The third-order valence-corrected chi connectivity index (χ3v) is 3.97. The van der Waals surface area contributed by atoms with E-state index in [4.69, 9.17) is 9.47 Å². The molecule has 0 aliphatic carbocycles. The van der Waals surface area contributed by atoms with Crippen molar-refractivity contribution in [1.82, 2.24) is 19.4 Å². The molecule has 3 rings (SSSR count). The van der Waals surface area contributed by atoms with Crippen LogP contribution in [0.25, 0.3) is 0 Å². The smallest absolute Gasteiger partial charge is 0.248 e. The van der Waals surface area contributed by atoms with Crippen LogP contribution in [0.1, 0.15) is 12.7 Å². The molecule has 0 unspecified atom stereocenters. The number of fused-ring (bicyclic) bond motifs is 1. The maximum atomic E-state index is 12.4. The summed E-state index contributed by atoms with van der Waals surface area (Å²) in [6.45, 7) is 4.93. The van der Waals surface area contributed by atoms with Gasteiger partial charge in [-0.2, -0.15) is 0 Å². The largest absolute Gasteiger partial charge is 0.492 e. The summed E-state index contributed by atoms with van der Waals surface area (Å²) in [5.41, 5.74) is 0. The third kappa shape index (κ3) is 4.11. The Morgan fingerprint density at radius 2 is 2.29 bits per heavy atom. The molecule has 7 nitrogen and oxygen atoms in total. The van der Waals surface area contributed by atoms with E-state index in [0.717, 1.165) is 18.1 Å². The summed E-state index contributed by atoms with van der Waals surface area (Å²) in [7, 11) is 0. The highest BCUT2D eigenvalue weighted by Crippen LogP contribution is 2.17. The number of rotatable bonds is 6. The third-order valence-electron chi connectivity index (χ3n) is 3.97. The highest BCUT2D eigenvalue weighted by molar-refractivity contribution is 5.77. The maximum absolute atomic E-state index is 12.4. The van der Waals surface area contributed by atoms with Crippen molar-refractivity contribution in [3.8, 4) is 5.75 Å². The number of carbonyl (C=O) groups is 1. The summed E-state index contributed by atoms with van der Waals surface area (Å²) in [4.78, 5) is 22.6. The van der Waals surface area contributed by atoms with Crippen LogP contribution in [0.4, 0.5) is 0 Å². The van der Waals surface area contributed by atoms with Crippen molar-refractivity contribution in [3.63, 3.8) is 0 Å². The lowest BCUT2D eigenvalue weighted by molar-refractivity contribution is -0.137. The van der Waals surface area contributed by atoms with Crippen molar-refractivity contribution >= 4 is 5.91 Å². The van der Waals surface area contributed by atoms with Crippen LogP contribution in [0.15, 0.2) is 36.9 Å². The summed E-state index contributed by atoms with van der Waals surface area (Å²) in [6.07, 6.45) is 7.12. The van der Waals surface area contributed by atoms with Gasteiger partial charge >= 0.3 is 0 Å². The average Bonchev–Trinajstić information content (AvgIpc) is 2.96. The van der Waals surface area contributed by atoms with Crippen LogP contribution >= 0.6 is 0 Å². The predicted molar refractivity (Wildman–Crippen MR) is 87.4 cm³/mol. The number of aromatic nitrogens is 3. The van der Waals surface area contributed by atoms with Crippen LogP contribution in [0.5, 0.6) is 5.75 Å². The number of nitrogens with zero attached hydrogens (tertiary/aromatic N) is 4. The maximum Gasteiger partial charge on any atom is 0.248 e. The minimum atomic E-state index is -0.0142. The number of imidazole rings is 1. The first-order valence-electron chi connectivity index (χ1n) is 8.14. The molecule has 1 aliphatic rings. The van der Waals surface area contributed by atoms with Crippen LogP contribution in [-0.2, 0) is 22.6 Å². The lowest BCUT2D eigenvalue weighted by Crippen LogP contribution is -2.38. The van der Waals surface area contributed by atoms with Gasteiger partial charge in [0.1, 0.15) is 18.2 Å². The molecule has 0 radical (unpaired) electrons. The first-order chi connectivity index (χ1) is 11.8. The highest BCUT2D eigenvalue weighted by atomic mass is 16.5. The Balaban J connectivity index is 1.68. The molecule has 0 aromatic carbocycles. The molecule has 0 N–H and O–H groups in total. The molecule has 0 saturated carbocycles. The minimum Gasteiger partial charge on any atom is -0.492 e. The zero-order valence-electron chi connectivity index (χ0n) is 13.8. The first-order valence-corrected chi connectivity index (χ1v) is 8.14. The van der Waals surface area contributed by atoms with Crippen LogP contribution in [0.2, 0.25) is 0 Å². The molecule has 0 bridgehead atoms. The fraction of sp³-hybridized carbons (Fsp3) is 0.471. The van der Waals surface area contributed by atoms with Gasteiger partial charge in [-0.15, -0.1) is 0 Å². The summed E-state index contributed by atoms with van der Waals surface area (Å²) in [5.74, 6) is 1.79. The summed E-state index contributed by atoms with van der Waals surface area (Å²) >= 11 is 0. The lowest BCUT2D eigenvalue weighted by Gasteiger charge is -2.24. The van der Waals surface area contributed by atoms with Gasteiger partial charge in [0, 0.05) is 44.2 Å². The van der Waals surface area contributed by atoms with Crippen molar-refractivity contribution in [1.29, 1.82) is 0 Å². The second kappa shape index (κ2) is 7.92. The molecular weight excluding hydrogens is 308 g/mol. The Bertz CT molecular complexity index is 659. The van der Waals surface area contributed by atoms with E-state index >= 15 is 0 Å². The van der Waals surface area contributed by atoms with Gasteiger partial charge < -0.3 is 18.9 Å². The molecule has 1 amide bonds. The summed E-state index contributed by atoms with van der Waals surface area (Å²) < 4.78 is 13.2. The van der Waals surface area contributed by atoms with Gasteiger partial charge in [-0.05, 0) is 19.1 Å². The SMILES string of the molecule is CCOCC(=O)N1Cc2nccn2C[C@@H](COc2cccnc2)C1. The fourth-order valence-electron chi connectivity index (χ4n) is 2.76. The average molecular weight is 330 g/mol. The normalized spacial score (nSPS) is 17.2. The monoisotopic (exact) mass is 330 g/mol. The van der Waals surface area contributed by atoms with Gasteiger partial charge in [0.2, 0.25) is 5.91 Å². The molecule has 24 heavy (non-hydrogen) atoms. The lowest BCUT2D eigenvalue weighted by atomic mass is 10.1. The molecule has 0 saturated heterocycles. The minimum absolute atomic E-state index is 0.0142. The highest BCUT2D eigenvalue weighted by Gasteiger charge is 2.26. The molecule has 3 heterocycles. The van der Waals surface area contributed by atoms with Crippen LogP contribution in [-0.4, -0.2) is 51.7 Å². The van der Waals surface area contributed by atoms with Gasteiger partial charge in [-0.3, -0.25) is 9.78 Å². The van der Waals surface area contributed by atoms with Crippen LogP contribution < -0.4 is 4.74 Å².